The van der Waals surface area contributed by atoms with Crippen LogP contribution in [-0.4, -0.2) is 54.9 Å². The Labute approximate surface area is 112 Å². The molecule has 1 aliphatic heterocycles. The second-order valence-corrected chi connectivity index (χ2v) is 4.68. The van der Waals surface area contributed by atoms with Gasteiger partial charge in [-0.05, 0) is 31.2 Å². The van der Waals surface area contributed by atoms with Crippen molar-refractivity contribution < 1.29 is 14.3 Å². The highest BCUT2D eigenvalue weighted by atomic mass is 16.5. The van der Waals surface area contributed by atoms with E-state index in [9.17, 15) is 9.59 Å². The first-order chi connectivity index (χ1) is 9.15. The van der Waals surface area contributed by atoms with Gasteiger partial charge in [0.1, 0.15) is 5.75 Å². The van der Waals surface area contributed by atoms with Crippen molar-refractivity contribution in [2.75, 3.05) is 26.7 Å². The zero-order valence-electron chi connectivity index (χ0n) is 11.2. The van der Waals surface area contributed by atoms with Crippen LogP contribution in [0.15, 0.2) is 24.3 Å². The SMILES string of the molecule is COc1ccc(C(=O)N2CCN(C=O)CC2C)cc1. The molecular formula is C14H18N2O3. The zero-order chi connectivity index (χ0) is 13.8. The maximum Gasteiger partial charge on any atom is 0.254 e. The van der Waals surface area contributed by atoms with Crippen molar-refractivity contribution in [3.05, 3.63) is 29.8 Å². The highest BCUT2D eigenvalue weighted by Gasteiger charge is 2.27. The third-order valence-electron chi connectivity index (χ3n) is 3.41. The van der Waals surface area contributed by atoms with Crippen LogP contribution < -0.4 is 4.74 Å². The Bertz CT molecular complexity index is 458. The fraction of sp³-hybridized carbons (Fsp3) is 0.429. The predicted octanol–water partition coefficient (Wildman–Crippen LogP) is 0.998. The van der Waals surface area contributed by atoms with E-state index in [2.05, 4.69) is 0 Å². The zero-order valence-corrected chi connectivity index (χ0v) is 11.2. The number of piperazine rings is 1. The highest BCUT2D eigenvalue weighted by Crippen LogP contribution is 2.16. The van der Waals surface area contributed by atoms with E-state index in [0.717, 1.165) is 12.2 Å². The number of methoxy groups -OCH3 is 1. The average molecular weight is 262 g/mol. The van der Waals surface area contributed by atoms with Gasteiger partial charge < -0.3 is 14.5 Å². The van der Waals surface area contributed by atoms with Crippen LogP contribution in [0.1, 0.15) is 17.3 Å². The summed E-state index contributed by atoms with van der Waals surface area (Å²) in [5.41, 5.74) is 0.646. The van der Waals surface area contributed by atoms with E-state index < -0.39 is 0 Å². The average Bonchev–Trinajstić information content (AvgIpc) is 2.46. The van der Waals surface area contributed by atoms with E-state index in [1.807, 2.05) is 11.8 Å². The molecule has 1 aromatic rings. The molecule has 1 saturated heterocycles. The van der Waals surface area contributed by atoms with Crippen molar-refractivity contribution in [1.29, 1.82) is 0 Å². The number of carbonyl (C=O) groups is 2. The van der Waals surface area contributed by atoms with Gasteiger partial charge in [-0.1, -0.05) is 0 Å². The van der Waals surface area contributed by atoms with Gasteiger partial charge in [0.2, 0.25) is 6.41 Å². The Morgan fingerprint density at radius 1 is 1.32 bits per heavy atom. The lowest BCUT2D eigenvalue weighted by atomic mass is 10.1. The van der Waals surface area contributed by atoms with E-state index in [0.29, 0.717) is 25.2 Å². The molecule has 1 aliphatic rings. The molecule has 0 bridgehead atoms. The van der Waals surface area contributed by atoms with Gasteiger partial charge in [-0.3, -0.25) is 9.59 Å². The van der Waals surface area contributed by atoms with Crippen molar-refractivity contribution in [2.24, 2.45) is 0 Å². The third kappa shape index (κ3) is 2.86. The lowest BCUT2D eigenvalue weighted by Gasteiger charge is -2.38. The first-order valence-electron chi connectivity index (χ1n) is 6.30. The first kappa shape index (κ1) is 13.4. The normalized spacial score (nSPS) is 19.2. The maximum atomic E-state index is 12.4. The van der Waals surface area contributed by atoms with Gasteiger partial charge in [-0.15, -0.1) is 0 Å². The van der Waals surface area contributed by atoms with E-state index >= 15 is 0 Å². The molecule has 0 N–H and O–H groups in total. The van der Waals surface area contributed by atoms with Crippen LogP contribution in [-0.2, 0) is 4.79 Å². The van der Waals surface area contributed by atoms with Gasteiger partial charge in [0.05, 0.1) is 7.11 Å². The van der Waals surface area contributed by atoms with Crippen molar-refractivity contribution in [3.8, 4) is 5.75 Å². The van der Waals surface area contributed by atoms with Crippen LogP contribution >= 0.6 is 0 Å². The summed E-state index contributed by atoms with van der Waals surface area (Å²) in [5, 5.41) is 0. The van der Waals surface area contributed by atoms with Gasteiger partial charge in [-0.25, -0.2) is 0 Å². The van der Waals surface area contributed by atoms with Crippen LogP contribution in [0.3, 0.4) is 0 Å². The van der Waals surface area contributed by atoms with Crippen molar-refractivity contribution in [1.82, 2.24) is 9.80 Å². The highest BCUT2D eigenvalue weighted by molar-refractivity contribution is 5.94. The maximum absolute atomic E-state index is 12.4. The molecule has 19 heavy (non-hydrogen) atoms. The largest absolute Gasteiger partial charge is 0.497 e. The van der Waals surface area contributed by atoms with Gasteiger partial charge >= 0.3 is 0 Å². The summed E-state index contributed by atoms with van der Waals surface area (Å²) in [6.07, 6.45) is 0.839. The third-order valence-corrected chi connectivity index (χ3v) is 3.41. The summed E-state index contributed by atoms with van der Waals surface area (Å²) in [5.74, 6) is 0.732. The van der Waals surface area contributed by atoms with Gasteiger partial charge in [0.15, 0.2) is 0 Å². The summed E-state index contributed by atoms with van der Waals surface area (Å²) < 4.78 is 5.07. The molecule has 5 nitrogen and oxygen atoms in total. The smallest absolute Gasteiger partial charge is 0.254 e. The fourth-order valence-electron chi connectivity index (χ4n) is 2.28. The lowest BCUT2D eigenvalue weighted by molar-refractivity contribution is -0.120. The summed E-state index contributed by atoms with van der Waals surface area (Å²) in [7, 11) is 1.59. The van der Waals surface area contributed by atoms with E-state index in [1.54, 1.807) is 36.3 Å². The molecule has 2 amide bonds. The topological polar surface area (TPSA) is 49.9 Å². The van der Waals surface area contributed by atoms with Crippen LogP contribution in [0, 0.1) is 0 Å². The molecule has 0 spiro atoms. The lowest BCUT2D eigenvalue weighted by Crippen LogP contribution is -2.53. The van der Waals surface area contributed by atoms with Gasteiger partial charge in [0.25, 0.3) is 5.91 Å². The van der Waals surface area contributed by atoms with Crippen LogP contribution in [0.5, 0.6) is 5.75 Å². The van der Waals surface area contributed by atoms with Crippen LogP contribution in [0.25, 0.3) is 0 Å². The number of hydrogen-bond donors (Lipinski definition) is 0. The minimum Gasteiger partial charge on any atom is -0.497 e. The Hall–Kier alpha value is -2.04. The molecule has 102 valence electrons. The quantitative estimate of drug-likeness (QED) is 0.764. The minimum atomic E-state index is 0.000650. The number of carbonyl (C=O) groups excluding carboxylic acids is 2. The van der Waals surface area contributed by atoms with Crippen molar-refractivity contribution >= 4 is 12.3 Å². The number of rotatable bonds is 3. The summed E-state index contributed by atoms with van der Waals surface area (Å²) >= 11 is 0. The Balaban J connectivity index is 2.08. The minimum absolute atomic E-state index is 0.000650. The molecule has 0 saturated carbocycles. The van der Waals surface area contributed by atoms with Crippen LogP contribution in [0.2, 0.25) is 0 Å². The van der Waals surface area contributed by atoms with Crippen molar-refractivity contribution in [2.45, 2.75) is 13.0 Å². The molecule has 1 unspecified atom stereocenters. The molecule has 1 heterocycles. The second-order valence-electron chi connectivity index (χ2n) is 4.68. The predicted molar refractivity (Wildman–Crippen MR) is 71.1 cm³/mol. The molecule has 1 fully saturated rings. The number of ether oxygens (including phenoxy) is 1. The molecule has 0 aromatic heterocycles. The fourth-order valence-corrected chi connectivity index (χ4v) is 2.28. The molecule has 2 rings (SSSR count). The Morgan fingerprint density at radius 2 is 2.00 bits per heavy atom. The molecule has 1 atom stereocenters. The summed E-state index contributed by atoms with van der Waals surface area (Å²) in [6, 6.07) is 7.12. The number of hydrogen-bond acceptors (Lipinski definition) is 3. The molecule has 5 heteroatoms. The van der Waals surface area contributed by atoms with E-state index in [4.69, 9.17) is 4.74 Å². The Morgan fingerprint density at radius 3 is 2.53 bits per heavy atom. The summed E-state index contributed by atoms with van der Waals surface area (Å²) in [6.45, 7) is 3.71. The van der Waals surface area contributed by atoms with Crippen molar-refractivity contribution in [3.63, 3.8) is 0 Å². The molecule has 1 aromatic carbocycles. The van der Waals surface area contributed by atoms with Gasteiger partial charge in [0, 0.05) is 31.2 Å². The molecule has 0 radical (unpaired) electrons. The van der Waals surface area contributed by atoms with E-state index in [1.165, 1.54) is 0 Å². The monoisotopic (exact) mass is 262 g/mol. The first-order valence-corrected chi connectivity index (χ1v) is 6.30. The number of nitrogens with zero attached hydrogens (tertiary/aromatic N) is 2. The number of amides is 2. The van der Waals surface area contributed by atoms with Gasteiger partial charge in [-0.2, -0.15) is 0 Å². The van der Waals surface area contributed by atoms with Crippen LogP contribution in [0.4, 0.5) is 0 Å². The molecule has 0 aliphatic carbocycles. The second kappa shape index (κ2) is 5.73. The molecular weight excluding hydrogens is 244 g/mol. The Kier molecular flexibility index (Phi) is 4.04. The summed E-state index contributed by atoms with van der Waals surface area (Å²) in [4.78, 5) is 26.6. The number of benzene rings is 1. The van der Waals surface area contributed by atoms with E-state index in [-0.39, 0.29) is 11.9 Å². The standard InChI is InChI=1S/C14H18N2O3/c1-11-9-15(10-17)7-8-16(11)14(18)12-3-5-13(19-2)6-4-12/h3-6,10-11H,7-9H2,1-2H3.